The molecule has 23 heavy (non-hydrogen) atoms. The Morgan fingerprint density at radius 3 is 2.70 bits per heavy atom. The SMILES string of the molecule is Cc1ccc(C)c(-c2[nH]c(=O)sc2CN(C)C2CCCCC2)c1. The fourth-order valence-corrected chi connectivity index (χ4v) is 4.48. The van der Waals surface area contributed by atoms with Crippen LogP contribution in [0.4, 0.5) is 0 Å². The van der Waals surface area contributed by atoms with Gasteiger partial charge in [-0.25, -0.2) is 0 Å². The first kappa shape index (κ1) is 16.5. The maximum atomic E-state index is 12.0. The van der Waals surface area contributed by atoms with Crippen LogP contribution >= 0.6 is 11.3 Å². The van der Waals surface area contributed by atoms with Gasteiger partial charge in [0.1, 0.15) is 0 Å². The zero-order chi connectivity index (χ0) is 16.4. The van der Waals surface area contributed by atoms with E-state index in [2.05, 4.69) is 49.0 Å². The van der Waals surface area contributed by atoms with Crippen molar-refractivity contribution in [3.63, 3.8) is 0 Å². The van der Waals surface area contributed by atoms with Gasteiger partial charge in [-0.2, -0.15) is 0 Å². The summed E-state index contributed by atoms with van der Waals surface area (Å²) in [6.45, 7) is 5.07. The molecule has 3 nitrogen and oxygen atoms in total. The summed E-state index contributed by atoms with van der Waals surface area (Å²) in [5.41, 5.74) is 4.62. The van der Waals surface area contributed by atoms with Gasteiger partial charge in [0.2, 0.25) is 0 Å². The molecule has 0 bridgehead atoms. The maximum Gasteiger partial charge on any atom is 0.305 e. The molecule has 1 heterocycles. The summed E-state index contributed by atoms with van der Waals surface area (Å²) < 4.78 is 0. The molecule has 1 aliphatic rings. The molecule has 1 aromatic heterocycles. The quantitative estimate of drug-likeness (QED) is 0.897. The van der Waals surface area contributed by atoms with Crippen molar-refractivity contribution in [2.75, 3.05) is 7.05 Å². The van der Waals surface area contributed by atoms with Crippen molar-refractivity contribution in [2.45, 2.75) is 58.5 Å². The number of hydrogen-bond acceptors (Lipinski definition) is 3. The van der Waals surface area contributed by atoms with Crippen molar-refractivity contribution in [2.24, 2.45) is 0 Å². The van der Waals surface area contributed by atoms with Crippen molar-refractivity contribution in [1.82, 2.24) is 9.88 Å². The fourth-order valence-electron chi connectivity index (χ4n) is 3.57. The van der Waals surface area contributed by atoms with Crippen LogP contribution in [0.15, 0.2) is 23.0 Å². The molecule has 0 amide bonds. The molecule has 0 radical (unpaired) electrons. The van der Waals surface area contributed by atoms with Crippen LogP contribution in [0.2, 0.25) is 0 Å². The summed E-state index contributed by atoms with van der Waals surface area (Å²) in [5.74, 6) is 0. The maximum absolute atomic E-state index is 12.0. The molecule has 124 valence electrons. The predicted octanol–water partition coefficient (Wildman–Crippen LogP) is 4.48. The molecular weight excluding hydrogens is 304 g/mol. The highest BCUT2D eigenvalue weighted by Crippen LogP contribution is 2.30. The zero-order valence-electron chi connectivity index (χ0n) is 14.3. The largest absolute Gasteiger partial charge is 0.312 e. The molecule has 2 aromatic rings. The minimum absolute atomic E-state index is 0.0490. The van der Waals surface area contributed by atoms with Gasteiger partial charge < -0.3 is 4.98 Å². The highest BCUT2D eigenvalue weighted by atomic mass is 32.1. The van der Waals surface area contributed by atoms with Gasteiger partial charge in [0, 0.05) is 23.0 Å². The number of benzene rings is 1. The lowest BCUT2D eigenvalue weighted by Gasteiger charge is -2.31. The smallest absolute Gasteiger partial charge is 0.305 e. The first-order chi connectivity index (χ1) is 11.0. The van der Waals surface area contributed by atoms with Gasteiger partial charge in [-0.1, -0.05) is 48.3 Å². The van der Waals surface area contributed by atoms with Crippen molar-refractivity contribution in [3.8, 4) is 11.3 Å². The Hall–Kier alpha value is -1.39. The first-order valence-corrected chi connectivity index (χ1v) is 9.36. The number of nitrogens with one attached hydrogen (secondary N) is 1. The van der Waals surface area contributed by atoms with E-state index in [1.807, 2.05) is 0 Å². The third-order valence-corrected chi connectivity index (χ3v) is 5.84. The van der Waals surface area contributed by atoms with E-state index in [0.717, 1.165) is 22.7 Å². The average Bonchev–Trinajstić information content (AvgIpc) is 2.91. The lowest BCUT2D eigenvalue weighted by molar-refractivity contribution is 0.186. The molecule has 0 unspecified atom stereocenters. The molecular formula is C19H26N2OS. The van der Waals surface area contributed by atoms with Crippen LogP contribution in [0, 0.1) is 13.8 Å². The second-order valence-corrected chi connectivity index (χ2v) is 7.91. The lowest BCUT2D eigenvalue weighted by atomic mass is 9.94. The number of thiazole rings is 1. The van der Waals surface area contributed by atoms with E-state index < -0.39 is 0 Å². The molecule has 0 spiro atoms. The summed E-state index contributed by atoms with van der Waals surface area (Å²) in [5, 5.41) is 0. The zero-order valence-corrected chi connectivity index (χ0v) is 15.1. The van der Waals surface area contributed by atoms with Crippen LogP contribution in [0.5, 0.6) is 0 Å². The second-order valence-electron chi connectivity index (χ2n) is 6.84. The standard InChI is InChI=1S/C19H26N2OS/c1-13-9-10-14(2)16(11-13)18-17(23-19(22)20-18)12-21(3)15-7-5-4-6-8-15/h9-11,15H,4-8,12H2,1-3H3,(H,20,22). The Morgan fingerprint density at radius 2 is 1.96 bits per heavy atom. The minimum atomic E-state index is 0.0490. The number of aromatic nitrogens is 1. The Labute approximate surface area is 142 Å². The molecule has 0 saturated heterocycles. The number of rotatable bonds is 4. The fraction of sp³-hybridized carbons (Fsp3) is 0.526. The Bertz CT molecular complexity index is 725. The van der Waals surface area contributed by atoms with Gasteiger partial charge in [-0.15, -0.1) is 0 Å². The number of aromatic amines is 1. The van der Waals surface area contributed by atoms with Gasteiger partial charge >= 0.3 is 4.87 Å². The summed E-state index contributed by atoms with van der Waals surface area (Å²) in [7, 11) is 2.20. The van der Waals surface area contributed by atoms with E-state index in [1.54, 1.807) is 0 Å². The van der Waals surface area contributed by atoms with Crippen molar-refractivity contribution in [1.29, 1.82) is 0 Å². The predicted molar refractivity (Wildman–Crippen MR) is 98.2 cm³/mol. The molecule has 1 aliphatic carbocycles. The number of nitrogens with zero attached hydrogens (tertiary/aromatic N) is 1. The normalized spacial score (nSPS) is 16.2. The van der Waals surface area contributed by atoms with Gasteiger partial charge in [0.15, 0.2) is 0 Å². The van der Waals surface area contributed by atoms with Crippen LogP contribution in [-0.2, 0) is 6.54 Å². The third-order valence-electron chi connectivity index (χ3n) is 4.98. The van der Waals surface area contributed by atoms with Crippen molar-refractivity contribution >= 4 is 11.3 Å². The highest BCUT2D eigenvalue weighted by molar-refractivity contribution is 7.09. The topological polar surface area (TPSA) is 36.1 Å². The van der Waals surface area contributed by atoms with Crippen molar-refractivity contribution in [3.05, 3.63) is 43.9 Å². The summed E-state index contributed by atoms with van der Waals surface area (Å²) >= 11 is 1.36. The summed E-state index contributed by atoms with van der Waals surface area (Å²) in [4.78, 5) is 18.7. The second kappa shape index (κ2) is 7.02. The van der Waals surface area contributed by atoms with Crippen LogP contribution in [0.3, 0.4) is 0 Å². The monoisotopic (exact) mass is 330 g/mol. The summed E-state index contributed by atoms with van der Waals surface area (Å²) in [6.07, 6.45) is 6.61. The third kappa shape index (κ3) is 3.75. The van der Waals surface area contributed by atoms with E-state index >= 15 is 0 Å². The van der Waals surface area contributed by atoms with Crippen LogP contribution in [0.1, 0.15) is 48.1 Å². The van der Waals surface area contributed by atoms with Gasteiger partial charge in [-0.3, -0.25) is 9.69 Å². The Morgan fingerprint density at radius 1 is 1.22 bits per heavy atom. The van der Waals surface area contributed by atoms with Gasteiger partial charge in [-0.05, 0) is 45.4 Å². The van der Waals surface area contributed by atoms with E-state index in [9.17, 15) is 4.79 Å². The Kier molecular flexibility index (Phi) is 5.02. The molecule has 0 aliphatic heterocycles. The molecule has 1 saturated carbocycles. The molecule has 3 rings (SSSR count). The van der Waals surface area contributed by atoms with Gasteiger partial charge in [0.25, 0.3) is 0 Å². The highest BCUT2D eigenvalue weighted by Gasteiger charge is 2.21. The van der Waals surface area contributed by atoms with Crippen LogP contribution < -0.4 is 4.87 Å². The van der Waals surface area contributed by atoms with E-state index in [1.165, 1.54) is 54.6 Å². The van der Waals surface area contributed by atoms with Crippen molar-refractivity contribution < 1.29 is 0 Å². The molecule has 1 aromatic carbocycles. The number of hydrogen-bond donors (Lipinski definition) is 1. The van der Waals surface area contributed by atoms with E-state index in [4.69, 9.17) is 0 Å². The number of aryl methyl sites for hydroxylation is 2. The molecule has 1 N–H and O–H groups in total. The summed E-state index contributed by atoms with van der Waals surface area (Å²) in [6, 6.07) is 7.09. The van der Waals surface area contributed by atoms with Gasteiger partial charge in [0.05, 0.1) is 5.69 Å². The van der Waals surface area contributed by atoms with E-state index in [-0.39, 0.29) is 4.87 Å². The Balaban J connectivity index is 1.88. The van der Waals surface area contributed by atoms with E-state index in [0.29, 0.717) is 6.04 Å². The van der Waals surface area contributed by atoms with Crippen LogP contribution in [-0.4, -0.2) is 23.0 Å². The molecule has 1 fully saturated rings. The molecule has 4 heteroatoms. The number of H-pyrrole nitrogens is 1. The average molecular weight is 330 g/mol. The lowest BCUT2D eigenvalue weighted by Crippen LogP contribution is -2.32. The minimum Gasteiger partial charge on any atom is -0.312 e. The van der Waals surface area contributed by atoms with Crippen LogP contribution in [0.25, 0.3) is 11.3 Å². The molecule has 0 atom stereocenters. The first-order valence-electron chi connectivity index (χ1n) is 8.54.